The Morgan fingerprint density at radius 1 is 0.789 bits per heavy atom. The molecule has 0 fully saturated rings. The van der Waals surface area contributed by atoms with Crippen LogP contribution in [0.5, 0.6) is 0 Å². The van der Waals surface area contributed by atoms with Gasteiger partial charge < -0.3 is 0 Å². The Balaban J connectivity index is 1.72. The van der Waals surface area contributed by atoms with Crippen LogP contribution in [0.1, 0.15) is 64.2 Å². The van der Waals surface area contributed by atoms with Gasteiger partial charge in [-0.05, 0) is 24.3 Å². The molecular weight excluding hydrogens is 234 g/mol. The van der Waals surface area contributed by atoms with Gasteiger partial charge in [-0.2, -0.15) is 0 Å². The maximum absolute atomic E-state index is 8.13. The normalized spacial score (nSPS) is 13.9. The van der Waals surface area contributed by atoms with E-state index >= 15 is 0 Å². The first-order valence-electron chi connectivity index (χ1n) is 7.79. The molecule has 0 aromatic heterocycles. The fourth-order valence-corrected chi connectivity index (χ4v) is 2.52. The first-order chi connectivity index (χ1) is 9.43. The van der Waals surface area contributed by atoms with E-state index in [1.165, 1.54) is 57.8 Å². The van der Waals surface area contributed by atoms with Crippen LogP contribution in [-0.4, -0.2) is 6.54 Å². The Morgan fingerprint density at radius 3 is 1.89 bits per heavy atom. The third-order valence-corrected chi connectivity index (χ3v) is 3.69. The van der Waals surface area contributed by atoms with Gasteiger partial charge in [-0.15, -0.1) is 0 Å². The molecule has 0 radical (unpaired) electrons. The summed E-state index contributed by atoms with van der Waals surface area (Å²) in [5.41, 5.74) is 8.13. The largest absolute Gasteiger partial charge is 0.0940 e. The van der Waals surface area contributed by atoms with E-state index in [4.69, 9.17) is 5.53 Å². The molecule has 1 aliphatic carbocycles. The lowest BCUT2D eigenvalue weighted by Gasteiger charge is -2.05. The lowest BCUT2D eigenvalue weighted by Crippen LogP contribution is -1.89. The Hall–Kier alpha value is -1.21. The van der Waals surface area contributed by atoms with Crippen molar-refractivity contribution < 1.29 is 0 Å². The molecule has 106 valence electrons. The van der Waals surface area contributed by atoms with E-state index in [0.717, 1.165) is 12.3 Å². The molecule has 0 saturated heterocycles. The van der Waals surface area contributed by atoms with E-state index in [1.807, 2.05) is 0 Å². The molecule has 1 rings (SSSR count). The summed E-state index contributed by atoms with van der Waals surface area (Å²) < 4.78 is 0. The van der Waals surface area contributed by atoms with Crippen molar-refractivity contribution in [3.05, 3.63) is 34.7 Å². The van der Waals surface area contributed by atoms with Crippen LogP contribution >= 0.6 is 0 Å². The zero-order valence-electron chi connectivity index (χ0n) is 12.0. The van der Waals surface area contributed by atoms with Crippen molar-refractivity contribution in [2.24, 2.45) is 11.0 Å². The van der Waals surface area contributed by atoms with Crippen molar-refractivity contribution in [2.75, 3.05) is 6.54 Å². The number of hydrogen-bond acceptors (Lipinski definition) is 1. The van der Waals surface area contributed by atoms with Crippen LogP contribution < -0.4 is 0 Å². The second-order valence-corrected chi connectivity index (χ2v) is 5.36. The number of rotatable bonds is 12. The highest BCUT2D eigenvalue weighted by Crippen LogP contribution is 2.18. The van der Waals surface area contributed by atoms with E-state index in [1.54, 1.807) is 0 Å². The molecule has 0 heterocycles. The molecule has 0 amide bonds. The monoisotopic (exact) mass is 261 g/mol. The van der Waals surface area contributed by atoms with Gasteiger partial charge in [0, 0.05) is 11.5 Å². The van der Waals surface area contributed by atoms with Crippen LogP contribution in [0, 0.1) is 5.92 Å². The summed E-state index contributed by atoms with van der Waals surface area (Å²) in [7, 11) is 0. The molecule has 0 spiro atoms. The minimum absolute atomic E-state index is 0.667. The average molecular weight is 261 g/mol. The molecule has 0 aliphatic heterocycles. The maximum atomic E-state index is 8.13. The fourth-order valence-electron chi connectivity index (χ4n) is 2.52. The molecule has 19 heavy (non-hydrogen) atoms. The Morgan fingerprint density at radius 2 is 1.32 bits per heavy atom. The van der Waals surface area contributed by atoms with Crippen LogP contribution in [0.2, 0.25) is 0 Å². The molecule has 0 unspecified atom stereocenters. The van der Waals surface area contributed by atoms with Gasteiger partial charge in [0.05, 0.1) is 0 Å². The van der Waals surface area contributed by atoms with Gasteiger partial charge in [-0.1, -0.05) is 80.8 Å². The molecule has 0 atom stereocenters. The summed E-state index contributed by atoms with van der Waals surface area (Å²) in [6.45, 7) is 0.667. The highest BCUT2D eigenvalue weighted by atomic mass is 15.1. The van der Waals surface area contributed by atoms with E-state index < -0.39 is 0 Å². The number of nitrogens with zero attached hydrogens (tertiary/aromatic N) is 3. The van der Waals surface area contributed by atoms with E-state index in [2.05, 4.69) is 34.3 Å². The standard InChI is InChI=1S/C16H27N3/c17-19-18-15-11-7-5-3-1-2-4-6-8-12-16-13-9-10-14-16/h9-10,13-14,16H,1-8,11-12,15H2. The van der Waals surface area contributed by atoms with Crippen molar-refractivity contribution in [2.45, 2.75) is 64.2 Å². The van der Waals surface area contributed by atoms with Gasteiger partial charge in [-0.3, -0.25) is 0 Å². The van der Waals surface area contributed by atoms with Crippen molar-refractivity contribution in [3.8, 4) is 0 Å². The molecule has 3 nitrogen and oxygen atoms in total. The second-order valence-electron chi connectivity index (χ2n) is 5.36. The molecule has 0 bridgehead atoms. The zero-order chi connectivity index (χ0) is 13.6. The Labute approximate surface area is 117 Å². The summed E-state index contributed by atoms with van der Waals surface area (Å²) in [5.74, 6) is 0.719. The van der Waals surface area contributed by atoms with Gasteiger partial charge >= 0.3 is 0 Å². The Bertz CT molecular complexity index is 302. The average Bonchev–Trinajstić information content (AvgIpc) is 2.93. The molecule has 0 aromatic rings. The summed E-state index contributed by atoms with van der Waals surface area (Å²) >= 11 is 0. The number of hydrogen-bond donors (Lipinski definition) is 0. The fraction of sp³-hybridized carbons (Fsp3) is 0.750. The van der Waals surface area contributed by atoms with Crippen LogP contribution in [0.4, 0.5) is 0 Å². The van der Waals surface area contributed by atoms with Gasteiger partial charge in [0.15, 0.2) is 0 Å². The third-order valence-electron chi connectivity index (χ3n) is 3.69. The van der Waals surface area contributed by atoms with Gasteiger partial charge in [0.2, 0.25) is 0 Å². The highest BCUT2D eigenvalue weighted by Gasteiger charge is 2.02. The maximum Gasteiger partial charge on any atom is 0.0257 e. The van der Waals surface area contributed by atoms with Gasteiger partial charge in [-0.25, -0.2) is 0 Å². The number of unbranched alkanes of at least 4 members (excludes halogenated alkanes) is 8. The van der Waals surface area contributed by atoms with Crippen molar-refractivity contribution >= 4 is 0 Å². The summed E-state index contributed by atoms with van der Waals surface area (Å²) in [4.78, 5) is 2.76. The zero-order valence-corrected chi connectivity index (χ0v) is 12.0. The smallest absolute Gasteiger partial charge is 0.0257 e. The molecule has 0 saturated carbocycles. The first-order valence-corrected chi connectivity index (χ1v) is 7.79. The molecule has 0 N–H and O–H groups in total. The van der Waals surface area contributed by atoms with E-state index in [-0.39, 0.29) is 0 Å². The summed E-state index contributed by atoms with van der Waals surface area (Å²) in [6.07, 6.45) is 22.0. The number of azide groups is 1. The predicted molar refractivity (Wildman–Crippen MR) is 82.0 cm³/mol. The topological polar surface area (TPSA) is 48.8 Å². The lowest BCUT2D eigenvalue weighted by atomic mass is 10.0. The minimum atomic E-state index is 0.667. The van der Waals surface area contributed by atoms with E-state index in [9.17, 15) is 0 Å². The quantitative estimate of drug-likeness (QED) is 0.181. The van der Waals surface area contributed by atoms with Crippen molar-refractivity contribution in [1.82, 2.24) is 0 Å². The van der Waals surface area contributed by atoms with Crippen LogP contribution in [0.25, 0.3) is 10.4 Å². The first kappa shape index (κ1) is 15.8. The molecule has 1 aliphatic rings. The van der Waals surface area contributed by atoms with Gasteiger partial charge in [0.25, 0.3) is 0 Å². The molecule has 3 heteroatoms. The SMILES string of the molecule is [N-]=[N+]=NCCCCCCCCCCCC1C=CC=C1. The predicted octanol–water partition coefficient (Wildman–Crippen LogP) is 5.94. The highest BCUT2D eigenvalue weighted by molar-refractivity contribution is 5.17. The second kappa shape index (κ2) is 11.9. The van der Waals surface area contributed by atoms with E-state index in [0.29, 0.717) is 6.54 Å². The molecule has 0 aromatic carbocycles. The Kier molecular flexibility index (Phi) is 9.89. The van der Waals surface area contributed by atoms with Crippen molar-refractivity contribution in [1.29, 1.82) is 0 Å². The molecular formula is C16H27N3. The minimum Gasteiger partial charge on any atom is -0.0940 e. The van der Waals surface area contributed by atoms with Crippen molar-refractivity contribution in [3.63, 3.8) is 0 Å². The summed E-state index contributed by atoms with van der Waals surface area (Å²) in [5, 5.41) is 3.54. The van der Waals surface area contributed by atoms with Crippen LogP contribution in [0.15, 0.2) is 29.4 Å². The van der Waals surface area contributed by atoms with Crippen LogP contribution in [0.3, 0.4) is 0 Å². The van der Waals surface area contributed by atoms with Crippen LogP contribution in [-0.2, 0) is 0 Å². The third kappa shape index (κ3) is 9.38. The lowest BCUT2D eigenvalue weighted by molar-refractivity contribution is 0.541. The summed E-state index contributed by atoms with van der Waals surface area (Å²) in [6, 6.07) is 0. The number of allylic oxidation sites excluding steroid dienone is 4. The van der Waals surface area contributed by atoms with Gasteiger partial charge in [0.1, 0.15) is 0 Å².